The third-order valence-electron chi connectivity index (χ3n) is 6.14. The summed E-state index contributed by atoms with van der Waals surface area (Å²) in [7, 11) is 0. The number of carbonyl (C=O) groups is 2. The van der Waals surface area contributed by atoms with Crippen molar-refractivity contribution in [2.24, 2.45) is 11.8 Å². The fraction of sp³-hybridized carbons (Fsp3) is 0.778. The summed E-state index contributed by atoms with van der Waals surface area (Å²) in [6.45, 7) is 6.67. The largest absolute Gasteiger partial charge is 0.354 e. The van der Waals surface area contributed by atoms with Crippen LogP contribution in [0.5, 0.6) is 0 Å². The number of aromatic nitrogens is 3. The van der Waals surface area contributed by atoms with E-state index in [9.17, 15) is 9.59 Å². The molecule has 2 bridgehead atoms. The smallest absolute Gasteiger partial charge is 0.223 e. The van der Waals surface area contributed by atoms with Crippen molar-refractivity contribution in [3.8, 4) is 0 Å². The third-order valence-corrected chi connectivity index (χ3v) is 6.14. The maximum absolute atomic E-state index is 12.7. The van der Waals surface area contributed by atoms with Crippen LogP contribution in [-0.2, 0) is 16.1 Å². The third kappa shape index (κ3) is 3.34. The van der Waals surface area contributed by atoms with Crippen molar-refractivity contribution in [3.63, 3.8) is 0 Å². The van der Waals surface area contributed by atoms with Crippen LogP contribution in [0.1, 0.15) is 44.3 Å². The highest BCUT2D eigenvalue weighted by Gasteiger charge is 2.49. The molecule has 0 spiro atoms. The highest BCUT2D eigenvalue weighted by Crippen LogP contribution is 2.41. The van der Waals surface area contributed by atoms with Crippen molar-refractivity contribution in [3.05, 3.63) is 11.6 Å². The number of nitrogens with zero attached hydrogens (tertiary/aromatic N) is 4. The molecule has 3 aliphatic heterocycles. The van der Waals surface area contributed by atoms with Gasteiger partial charge in [-0.05, 0) is 38.0 Å². The van der Waals surface area contributed by atoms with E-state index in [1.165, 1.54) is 0 Å². The van der Waals surface area contributed by atoms with Gasteiger partial charge in [0, 0.05) is 39.0 Å². The molecule has 1 aromatic heterocycles. The monoisotopic (exact) mass is 360 g/mol. The van der Waals surface area contributed by atoms with Gasteiger partial charge in [-0.25, -0.2) is 4.98 Å². The molecule has 0 aliphatic carbocycles. The standard InChI is InChI=1S/C18H28N6O2/c1-11-20-17(22-21-11)10-23-8-13-6-14(9-23)16(7-19-12(2)25)24-15(13)4-3-5-18(24)26/h13-16H,3-10H2,1-2H3,(H,19,25)(H,20,21,22)/t13-,14+,15+,16+/m1/s1. The van der Waals surface area contributed by atoms with Gasteiger partial charge in [0.05, 0.1) is 12.6 Å². The molecule has 4 atom stereocenters. The molecule has 3 fully saturated rings. The average molecular weight is 360 g/mol. The highest BCUT2D eigenvalue weighted by molar-refractivity contribution is 5.78. The van der Waals surface area contributed by atoms with E-state index < -0.39 is 0 Å². The molecule has 142 valence electrons. The van der Waals surface area contributed by atoms with E-state index in [0.29, 0.717) is 30.8 Å². The van der Waals surface area contributed by atoms with Crippen LogP contribution in [0.4, 0.5) is 0 Å². The van der Waals surface area contributed by atoms with E-state index in [1.54, 1.807) is 6.92 Å². The van der Waals surface area contributed by atoms with Crippen LogP contribution in [0.3, 0.4) is 0 Å². The SMILES string of the molecule is CC(=O)NC[C@H]1[C@H]2C[C@H](CN(Cc3n[nH]c(C)n3)C2)[C@@H]2CCCC(=O)N21. The molecule has 8 nitrogen and oxygen atoms in total. The van der Waals surface area contributed by atoms with Crippen LogP contribution in [0.15, 0.2) is 0 Å². The van der Waals surface area contributed by atoms with E-state index >= 15 is 0 Å². The number of amides is 2. The number of nitrogens with one attached hydrogen (secondary N) is 2. The van der Waals surface area contributed by atoms with Crippen molar-refractivity contribution in [1.82, 2.24) is 30.3 Å². The molecule has 0 aromatic carbocycles. The molecule has 3 aliphatic rings. The number of rotatable bonds is 4. The zero-order chi connectivity index (χ0) is 18.3. The number of hydrogen-bond donors (Lipinski definition) is 2. The van der Waals surface area contributed by atoms with Crippen LogP contribution < -0.4 is 5.32 Å². The molecule has 4 rings (SSSR count). The van der Waals surface area contributed by atoms with Gasteiger partial charge in [0.15, 0.2) is 5.82 Å². The maximum atomic E-state index is 12.7. The number of fused-ring (bicyclic) bond motifs is 4. The molecule has 0 saturated carbocycles. The first-order valence-corrected chi connectivity index (χ1v) is 9.67. The van der Waals surface area contributed by atoms with Gasteiger partial charge in [0.2, 0.25) is 11.8 Å². The average Bonchev–Trinajstić information content (AvgIpc) is 3.00. The number of hydrogen-bond acceptors (Lipinski definition) is 5. The predicted molar refractivity (Wildman–Crippen MR) is 95.0 cm³/mol. The Morgan fingerprint density at radius 2 is 2.15 bits per heavy atom. The highest BCUT2D eigenvalue weighted by atomic mass is 16.2. The Hall–Kier alpha value is -1.96. The summed E-state index contributed by atoms with van der Waals surface area (Å²) >= 11 is 0. The maximum Gasteiger partial charge on any atom is 0.223 e. The molecule has 1 aromatic rings. The van der Waals surface area contributed by atoms with Gasteiger partial charge in [-0.1, -0.05) is 0 Å². The Bertz CT molecular complexity index is 689. The molecule has 26 heavy (non-hydrogen) atoms. The molecule has 0 radical (unpaired) electrons. The van der Waals surface area contributed by atoms with Gasteiger partial charge < -0.3 is 10.2 Å². The van der Waals surface area contributed by atoms with Crippen LogP contribution in [-0.4, -0.2) is 68.5 Å². The predicted octanol–water partition coefficient (Wildman–Crippen LogP) is 0.451. The van der Waals surface area contributed by atoms with E-state index in [4.69, 9.17) is 0 Å². The summed E-state index contributed by atoms with van der Waals surface area (Å²) in [4.78, 5) is 33.1. The van der Waals surface area contributed by atoms with Crippen LogP contribution in [0.2, 0.25) is 0 Å². The first-order chi connectivity index (χ1) is 12.5. The van der Waals surface area contributed by atoms with Gasteiger partial charge in [-0.3, -0.25) is 19.6 Å². The Kier molecular flexibility index (Phi) is 4.69. The summed E-state index contributed by atoms with van der Waals surface area (Å²) in [5, 5.41) is 10.1. The Morgan fingerprint density at radius 1 is 1.35 bits per heavy atom. The van der Waals surface area contributed by atoms with Gasteiger partial charge in [-0.2, -0.15) is 5.10 Å². The molecule has 2 N–H and O–H groups in total. The molecule has 8 heteroatoms. The lowest BCUT2D eigenvalue weighted by Gasteiger charge is -2.56. The first-order valence-electron chi connectivity index (χ1n) is 9.67. The first kappa shape index (κ1) is 17.5. The summed E-state index contributed by atoms with van der Waals surface area (Å²) in [6.07, 6.45) is 3.84. The lowest BCUT2D eigenvalue weighted by atomic mass is 9.72. The van der Waals surface area contributed by atoms with E-state index in [0.717, 1.165) is 50.5 Å². The number of piperidine rings is 3. The summed E-state index contributed by atoms with van der Waals surface area (Å²) in [6, 6.07) is 0.410. The molecule has 0 unspecified atom stereocenters. The summed E-state index contributed by atoms with van der Waals surface area (Å²) in [5.41, 5.74) is 0. The normalized spacial score (nSPS) is 31.6. The second-order valence-electron chi connectivity index (χ2n) is 8.05. The summed E-state index contributed by atoms with van der Waals surface area (Å²) in [5.74, 6) is 2.80. The quantitative estimate of drug-likeness (QED) is 0.813. The molecule has 3 saturated heterocycles. The number of aryl methyl sites for hydroxylation is 1. The van der Waals surface area contributed by atoms with Crippen molar-refractivity contribution in [2.45, 2.75) is 58.2 Å². The van der Waals surface area contributed by atoms with E-state index in [1.807, 2.05) is 6.92 Å². The minimum Gasteiger partial charge on any atom is -0.354 e. The zero-order valence-corrected chi connectivity index (χ0v) is 15.6. The van der Waals surface area contributed by atoms with E-state index in [2.05, 4.69) is 30.3 Å². The van der Waals surface area contributed by atoms with Crippen LogP contribution >= 0.6 is 0 Å². The number of aromatic amines is 1. The minimum absolute atomic E-state index is 0.0306. The molecule has 2 amide bonds. The topological polar surface area (TPSA) is 94.2 Å². The second kappa shape index (κ2) is 6.98. The van der Waals surface area contributed by atoms with E-state index in [-0.39, 0.29) is 17.9 Å². The fourth-order valence-electron chi connectivity index (χ4n) is 5.17. The Balaban J connectivity index is 1.53. The molecular weight excluding hydrogens is 332 g/mol. The Morgan fingerprint density at radius 3 is 2.88 bits per heavy atom. The van der Waals surface area contributed by atoms with Crippen LogP contribution in [0, 0.1) is 18.8 Å². The van der Waals surface area contributed by atoms with Crippen molar-refractivity contribution < 1.29 is 9.59 Å². The minimum atomic E-state index is -0.0306. The second-order valence-corrected chi connectivity index (χ2v) is 8.05. The lowest BCUT2D eigenvalue weighted by Crippen LogP contribution is -2.66. The van der Waals surface area contributed by atoms with Crippen molar-refractivity contribution in [1.29, 1.82) is 0 Å². The number of carbonyl (C=O) groups excluding carboxylic acids is 2. The van der Waals surface area contributed by atoms with Gasteiger partial charge in [-0.15, -0.1) is 0 Å². The zero-order valence-electron chi connectivity index (χ0n) is 15.6. The van der Waals surface area contributed by atoms with Crippen molar-refractivity contribution in [2.75, 3.05) is 19.6 Å². The molecular formula is C18H28N6O2. The van der Waals surface area contributed by atoms with Crippen LogP contribution in [0.25, 0.3) is 0 Å². The number of likely N-dealkylation sites (tertiary alicyclic amines) is 1. The van der Waals surface area contributed by atoms with Gasteiger partial charge in [0.1, 0.15) is 5.82 Å². The molecule has 4 heterocycles. The van der Waals surface area contributed by atoms with Crippen molar-refractivity contribution >= 4 is 11.8 Å². The fourth-order valence-corrected chi connectivity index (χ4v) is 5.17. The summed E-state index contributed by atoms with van der Waals surface area (Å²) < 4.78 is 0. The Labute approximate surface area is 153 Å². The van der Waals surface area contributed by atoms with Gasteiger partial charge >= 0.3 is 0 Å². The number of H-pyrrole nitrogens is 1. The van der Waals surface area contributed by atoms with Gasteiger partial charge in [0.25, 0.3) is 0 Å². The lowest BCUT2D eigenvalue weighted by molar-refractivity contribution is -0.153.